The summed E-state index contributed by atoms with van der Waals surface area (Å²) in [6.07, 6.45) is 3.60. The zero-order valence-electron chi connectivity index (χ0n) is 13.4. The van der Waals surface area contributed by atoms with Gasteiger partial charge in [-0.1, -0.05) is 11.6 Å². The maximum atomic E-state index is 6.22. The molecule has 1 aromatic carbocycles. The Kier molecular flexibility index (Phi) is 4.35. The average molecular weight is 328 g/mol. The van der Waals surface area contributed by atoms with E-state index < -0.39 is 0 Å². The lowest BCUT2D eigenvalue weighted by Gasteiger charge is -2.25. The molecule has 23 heavy (non-hydrogen) atoms. The molecule has 0 amide bonds. The average Bonchev–Trinajstić information content (AvgIpc) is 2.53. The smallest absolute Gasteiger partial charge is 0.238 e. The van der Waals surface area contributed by atoms with Crippen molar-refractivity contribution in [2.24, 2.45) is 4.99 Å². The van der Waals surface area contributed by atoms with Crippen LogP contribution in [0.5, 0.6) is 11.6 Å². The second kappa shape index (κ2) is 6.42. The molecule has 2 aromatic rings. The normalized spacial score (nSPS) is 14.3. The lowest BCUT2D eigenvalue weighted by Crippen LogP contribution is -2.21. The van der Waals surface area contributed by atoms with E-state index in [0.717, 1.165) is 16.7 Å². The molecule has 1 aliphatic rings. The lowest BCUT2D eigenvalue weighted by atomic mass is 10.1. The molecule has 4 nitrogen and oxygen atoms in total. The van der Waals surface area contributed by atoms with E-state index in [9.17, 15) is 0 Å². The molecule has 0 saturated carbocycles. The van der Waals surface area contributed by atoms with Crippen molar-refractivity contribution in [3.05, 3.63) is 58.3 Å². The van der Waals surface area contributed by atoms with Gasteiger partial charge in [0, 0.05) is 25.2 Å². The van der Waals surface area contributed by atoms with E-state index >= 15 is 0 Å². The molecule has 0 N–H and O–H groups in total. The molecule has 1 aromatic heterocycles. The Bertz CT molecular complexity index is 781. The van der Waals surface area contributed by atoms with Gasteiger partial charge >= 0.3 is 0 Å². The zero-order chi connectivity index (χ0) is 16.4. The maximum Gasteiger partial charge on any atom is 0.238 e. The first kappa shape index (κ1) is 15.6. The van der Waals surface area contributed by atoms with Gasteiger partial charge in [0.15, 0.2) is 0 Å². The Morgan fingerprint density at radius 3 is 2.57 bits per heavy atom. The van der Waals surface area contributed by atoms with Crippen LogP contribution in [-0.4, -0.2) is 29.8 Å². The highest BCUT2D eigenvalue weighted by Crippen LogP contribution is 2.31. The first-order valence-electron chi connectivity index (χ1n) is 7.37. The molecule has 2 heterocycles. The molecule has 0 saturated heterocycles. The van der Waals surface area contributed by atoms with Crippen molar-refractivity contribution in [1.29, 1.82) is 0 Å². The highest BCUT2D eigenvalue weighted by atomic mass is 35.5. The van der Waals surface area contributed by atoms with E-state index in [1.54, 1.807) is 6.20 Å². The first-order chi connectivity index (χ1) is 11.1. The number of hydrogen-bond donors (Lipinski definition) is 0. The van der Waals surface area contributed by atoms with Crippen LogP contribution in [0, 0.1) is 6.92 Å². The third-order valence-electron chi connectivity index (χ3n) is 3.73. The summed E-state index contributed by atoms with van der Waals surface area (Å²) in [5, 5.41) is 0.540. The summed E-state index contributed by atoms with van der Waals surface area (Å²) in [4.78, 5) is 10.6. The quantitative estimate of drug-likeness (QED) is 0.830. The minimum atomic E-state index is 0.428. The van der Waals surface area contributed by atoms with Gasteiger partial charge in [-0.25, -0.2) is 4.98 Å². The molecule has 3 rings (SSSR count). The molecule has 1 aliphatic heterocycles. The number of rotatable bonds is 3. The first-order valence-corrected chi connectivity index (χ1v) is 7.75. The van der Waals surface area contributed by atoms with Crippen LogP contribution in [0.3, 0.4) is 0 Å². The van der Waals surface area contributed by atoms with E-state index in [0.29, 0.717) is 23.3 Å². The van der Waals surface area contributed by atoms with Gasteiger partial charge in [0.05, 0.1) is 0 Å². The number of aliphatic imine (C=N–C) groups is 1. The molecule has 0 unspecified atom stereocenters. The summed E-state index contributed by atoms with van der Waals surface area (Å²) in [6, 6.07) is 9.78. The van der Waals surface area contributed by atoms with Gasteiger partial charge in [-0.05, 0) is 60.9 Å². The van der Waals surface area contributed by atoms with E-state index in [1.807, 2.05) is 50.5 Å². The van der Waals surface area contributed by atoms with Crippen LogP contribution in [0.15, 0.2) is 47.1 Å². The summed E-state index contributed by atoms with van der Waals surface area (Å²) in [5.74, 6) is 1.14. The molecule has 0 aliphatic carbocycles. The van der Waals surface area contributed by atoms with Crippen LogP contribution in [-0.2, 0) is 0 Å². The molecule has 0 bridgehead atoms. The van der Waals surface area contributed by atoms with Crippen molar-refractivity contribution in [2.45, 2.75) is 13.8 Å². The third kappa shape index (κ3) is 3.22. The van der Waals surface area contributed by atoms with E-state index in [1.165, 1.54) is 5.70 Å². The number of hydrogen-bond acceptors (Lipinski definition) is 4. The molecular weight excluding hydrogens is 310 g/mol. The van der Waals surface area contributed by atoms with E-state index in [2.05, 4.69) is 21.8 Å². The fourth-order valence-electron chi connectivity index (χ4n) is 2.56. The number of allylic oxidation sites excluding steroid dienone is 1. The van der Waals surface area contributed by atoms with Gasteiger partial charge in [-0.2, -0.15) is 0 Å². The minimum Gasteiger partial charge on any atom is -0.438 e. The zero-order valence-corrected chi connectivity index (χ0v) is 14.1. The number of nitrogens with zero attached hydrogens (tertiary/aromatic N) is 3. The van der Waals surface area contributed by atoms with Crippen molar-refractivity contribution in [3.63, 3.8) is 0 Å². The van der Waals surface area contributed by atoms with E-state index in [-0.39, 0.29) is 0 Å². The summed E-state index contributed by atoms with van der Waals surface area (Å²) < 4.78 is 5.79. The van der Waals surface area contributed by atoms with Gasteiger partial charge < -0.3 is 9.64 Å². The third-order valence-corrected chi connectivity index (χ3v) is 4.19. The Balaban J connectivity index is 1.85. The number of ether oxygens (including phenoxy) is 1. The van der Waals surface area contributed by atoms with Crippen LogP contribution in [0.2, 0.25) is 5.02 Å². The Labute approximate surface area is 141 Å². The molecule has 0 fully saturated rings. The summed E-state index contributed by atoms with van der Waals surface area (Å²) in [7, 11) is 2.04. The van der Waals surface area contributed by atoms with E-state index in [4.69, 9.17) is 16.3 Å². The van der Waals surface area contributed by atoms with Crippen molar-refractivity contribution < 1.29 is 4.74 Å². The van der Waals surface area contributed by atoms with Crippen molar-refractivity contribution >= 4 is 23.5 Å². The number of halogens is 1. The van der Waals surface area contributed by atoms with Gasteiger partial charge in [0.1, 0.15) is 17.4 Å². The van der Waals surface area contributed by atoms with Gasteiger partial charge in [0.2, 0.25) is 5.88 Å². The SMILES string of the molecule is CC1=C(c2ccc(Oc3nccc(C)c3Cl)cc2)N(C)CN=C1. The summed E-state index contributed by atoms with van der Waals surface area (Å²) in [6.45, 7) is 4.67. The van der Waals surface area contributed by atoms with Gasteiger partial charge in [-0.3, -0.25) is 4.99 Å². The predicted octanol–water partition coefficient (Wildman–Crippen LogP) is 4.54. The van der Waals surface area contributed by atoms with Gasteiger partial charge in [0.25, 0.3) is 0 Å². The standard InChI is InChI=1S/C18H18ClN3O/c1-12-8-9-21-18(16(12)19)23-15-6-4-14(5-7-15)17-13(2)10-20-11-22(17)3/h4-10H,11H2,1-3H3. The molecule has 118 valence electrons. The summed E-state index contributed by atoms with van der Waals surface area (Å²) >= 11 is 6.22. The van der Waals surface area contributed by atoms with Crippen LogP contribution >= 0.6 is 11.6 Å². The molecule has 0 atom stereocenters. The van der Waals surface area contributed by atoms with Crippen LogP contribution in [0.25, 0.3) is 5.70 Å². The van der Waals surface area contributed by atoms with Crippen LogP contribution in [0.1, 0.15) is 18.1 Å². The van der Waals surface area contributed by atoms with Crippen LogP contribution in [0.4, 0.5) is 0 Å². The Morgan fingerprint density at radius 2 is 1.87 bits per heavy atom. The molecular formula is C18H18ClN3O. The number of aryl methyl sites for hydroxylation is 1. The number of benzene rings is 1. The second-order valence-corrected chi connectivity index (χ2v) is 5.93. The fourth-order valence-corrected chi connectivity index (χ4v) is 2.71. The van der Waals surface area contributed by atoms with Gasteiger partial charge in [-0.15, -0.1) is 0 Å². The van der Waals surface area contributed by atoms with Crippen molar-refractivity contribution in [3.8, 4) is 11.6 Å². The number of aromatic nitrogens is 1. The van der Waals surface area contributed by atoms with Crippen LogP contribution < -0.4 is 4.74 Å². The topological polar surface area (TPSA) is 37.7 Å². The van der Waals surface area contributed by atoms with Crippen molar-refractivity contribution in [2.75, 3.05) is 13.7 Å². The highest BCUT2D eigenvalue weighted by molar-refractivity contribution is 6.32. The highest BCUT2D eigenvalue weighted by Gasteiger charge is 2.14. The lowest BCUT2D eigenvalue weighted by molar-refractivity contribution is 0.462. The maximum absolute atomic E-state index is 6.22. The number of pyridine rings is 1. The molecule has 0 spiro atoms. The predicted molar refractivity (Wildman–Crippen MR) is 94.2 cm³/mol. The Morgan fingerprint density at radius 1 is 1.13 bits per heavy atom. The largest absolute Gasteiger partial charge is 0.438 e. The monoisotopic (exact) mass is 327 g/mol. The molecule has 5 heteroatoms. The minimum absolute atomic E-state index is 0.428. The molecule has 0 radical (unpaired) electrons. The van der Waals surface area contributed by atoms with Crippen molar-refractivity contribution in [1.82, 2.24) is 9.88 Å². The Hall–Kier alpha value is -2.33. The second-order valence-electron chi connectivity index (χ2n) is 5.56. The fraction of sp³-hybridized carbons (Fsp3) is 0.222. The summed E-state index contributed by atoms with van der Waals surface area (Å²) in [5.41, 5.74) is 4.40.